The van der Waals surface area contributed by atoms with Crippen molar-refractivity contribution < 1.29 is 24.2 Å². The summed E-state index contributed by atoms with van der Waals surface area (Å²) in [4.78, 5) is 10.9. The van der Waals surface area contributed by atoms with Gasteiger partial charge in [0.1, 0.15) is 0 Å². The highest BCUT2D eigenvalue weighted by Crippen LogP contribution is 2.67. The molecule has 0 heterocycles. The SMILES string of the molecule is CC(C)CCC[C@@H](C)[C@H]1CC[C@H]2[C@@H]3CC=C4C[C@@H](O)CC[C@]4(C)[C@H]3CC[C@]12C.CCN(OP(OC)N(C(C)C)C(C)C)C(=O)O. The smallest absolute Gasteiger partial charge is 0.431 e. The summed E-state index contributed by atoms with van der Waals surface area (Å²) in [6, 6.07) is 0.433. The first-order valence-corrected chi connectivity index (χ1v) is 19.4. The second kappa shape index (κ2) is 16.6. The van der Waals surface area contributed by atoms with Gasteiger partial charge in [0.25, 0.3) is 8.53 Å². The van der Waals surface area contributed by atoms with Crippen molar-refractivity contribution in [2.45, 2.75) is 158 Å². The van der Waals surface area contributed by atoms with E-state index in [4.69, 9.17) is 14.3 Å². The van der Waals surface area contributed by atoms with E-state index < -0.39 is 14.6 Å². The number of carboxylic acid groups (broad SMARTS) is 1. The van der Waals surface area contributed by atoms with Gasteiger partial charge in [-0.3, -0.25) is 0 Å². The molecular formula is C37H69N2O5P. The lowest BCUT2D eigenvalue weighted by molar-refractivity contribution is -0.0573. The molecule has 2 N–H and O–H groups in total. The van der Waals surface area contributed by atoms with Crippen LogP contribution in [0.5, 0.6) is 0 Å². The molecule has 3 fully saturated rings. The molecule has 1 amide bonds. The number of aliphatic hydroxyl groups excluding tert-OH is 1. The van der Waals surface area contributed by atoms with Crippen molar-refractivity contribution in [1.82, 2.24) is 9.73 Å². The predicted octanol–water partition coefficient (Wildman–Crippen LogP) is 10.3. The van der Waals surface area contributed by atoms with Crippen LogP contribution in [0, 0.1) is 46.3 Å². The lowest BCUT2D eigenvalue weighted by Gasteiger charge is -2.58. The summed E-state index contributed by atoms with van der Waals surface area (Å²) < 4.78 is 12.7. The van der Waals surface area contributed by atoms with Crippen LogP contribution in [-0.4, -0.2) is 57.9 Å². The molecule has 0 aromatic rings. The summed E-state index contributed by atoms with van der Waals surface area (Å²) in [5, 5.41) is 20.0. The Labute approximate surface area is 277 Å². The van der Waals surface area contributed by atoms with E-state index >= 15 is 0 Å². The average Bonchev–Trinajstić information content (AvgIpc) is 3.32. The second-order valence-electron chi connectivity index (χ2n) is 16.2. The molecule has 45 heavy (non-hydrogen) atoms. The zero-order valence-electron chi connectivity index (χ0n) is 30.7. The van der Waals surface area contributed by atoms with Crippen LogP contribution in [0.25, 0.3) is 0 Å². The fraction of sp³-hybridized carbons (Fsp3) is 0.919. The fourth-order valence-electron chi connectivity index (χ4n) is 10.1. The molecule has 0 saturated heterocycles. The Kier molecular flexibility index (Phi) is 14.3. The monoisotopic (exact) mass is 652 g/mol. The summed E-state index contributed by atoms with van der Waals surface area (Å²) >= 11 is 0. The van der Waals surface area contributed by atoms with Crippen molar-refractivity contribution in [2.75, 3.05) is 13.7 Å². The van der Waals surface area contributed by atoms with Crippen molar-refractivity contribution in [1.29, 1.82) is 0 Å². The molecule has 0 aromatic carbocycles. The van der Waals surface area contributed by atoms with Crippen LogP contribution in [0.1, 0.15) is 140 Å². The minimum atomic E-state index is -1.40. The van der Waals surface area contributed by atoms with E-state index in [9.17, 15) is 9.90 Å². The van der Waals surface area contributed by atoms with Crippen molar-refractivity contribution in [2.24, 2.45) is 46.3 Å². The van der Waals surface area contributed by atoms with E-state index in [1.165, 1.54) is 64.9 Å². The predicted molar refractivity (Wildman–Crippen MR) is 187 cm³/mol. The standard InChI is InChI=1S/C27H46O.C10H23N2O4P/c1-18(2)7-6-8-19(3)23-11-12-24-22-10-9-20-17-21(28)13-15-26(20,4)25(22)14-16-27(23,24)5;1-7-11(10(13)14)16-17(15-6)12(8(2)3)9(4)5/h9,18-19,21-25,28H,6-8,10-17H2,1-5H3;8-9H,7H2,1-6H3,(H,13,14)/t19-,21+,22+,23-,24+,25+,26+,27-;/m1./s1. The number of carbonyl (C=O) groups is 1. The highest BCUT2D eigenvalue weighted by Gasteiger charge is 2.59. The van der Waals surface area contributed by atoms with Gasteiger partial charge in [-0.25, -0.2) is 9.46 Å². The van der Waals surface area contributed by atoms with Gasteiger partial charge in [-0.15, -0.1) is 0 Å². The maximum absolute atomic E-state index is 10.9. The molecule has 4 aliphatic carbocycles. The Morgan fingerprint density at radius 1 is 1.00 bits per heavy atom. The fourth-order valence-corrected chi connectivity index (χ4v) is 11.6. The number of hydrogen-bond acceptors (Lipinski definition) is 5. The van der Waals surface area contributed by atoms with Gasteiger partial charge in [0.05, 0.1) is 6.10 Å². The van der Waals surface area contributed by atoms with Crippen LogP contribution >= 0.6 is 8.53 Å². The first kappa shape index (κ1) is 38.7. The molecule has 8 heteroatoms. The van der Waals surface area contributed by atoms with Gasteiger partial charge < -0.3 is 14.7 Å². The van der Waals surface area contributed by atoms with E-state index in [1.54, 1.807) is 12.5 Å². The van der Waals surface area contributed by atoms with Gasteiger partial charge in [0, 0.05) is 25.7 Å². The number of aliphatic hydroxyl groups is 1. The third-order valence-electron chi connectivity index (χ3n) is 12.4. The maximum Gasteiger partial charge on any atom is 0.431 e. The summed E-state index contributed by atoms with van der Waals surface area (Å²) in [5.74, 6) is 5.46. The number of hydrogen-bond donors (Lipinski definition) is 2. The zero-order chi connectivity index (χ0) is 33.7. The van der Waals surface area contributed by atoms with Crippen molar-refractivity contribution in [3.8, 4) is 0 Å². The molecule has 9 atom stereocenters. The van der Waals surface area contributed by atoms with E-state index in [2.05, 4.69) is 40.7 Å². The normalized spacial score (nSPS) is 34.0. The highest BCUT2D eigenvalue weighted by atomic mass is 31.2. The Morgan fingerprint density at radius 3 is 2.22 bits per heavy atom. The van der Waals surface area contributed by atoms with Crippen molar-refractivity contribution in [3.63, 3.8) is 0 Å². The Morgan fingerprint density at radius 2 is 1.67 bits per heavy atom. The largest absolute Gasteiger partial charge is 0.463 e. The number of fused-ring (bicyclic) bond motifs is 5. The van der Waals surface area contributed by atoms with Gasteiger partial charge in [-0.2, -0.15) is 9.69 Å². The van der Waals surface area contributed by atoms with E-state index in [0.29, 0.717) is 10.8 Å². The minimum absolute atomic E-state index is 0.0766. The van der Waals surface area contributed by atoms with Crippen LogP contribution in [0.4, 0.5) is 4.79 Å². The molecular weight excluding hydrogens is 583 g/mol. The molecule has 7 nitrogen and oxygen atoms in total. The topological polar surface area (TPSA) is 82.5 Å². The zero-order valence-corrected chi connectivity index (χ0v) is 31.6. The Bertz CT molecular complexity index is 966. The molecule has 1 unspecified atom stereocenters. The minimum Gasteiger partial charge on any atom is -0.463 e. The molecule has 3 saturated carbocycles. The van der Waals surface area contributed by atoms with Crippen molar-refractivity contribution >= 4 is 14.6 Å². The van der Waals surface area contributed by atoms with Crippen LogP contribution in [-0.2, 0) is 9.15 Å². The van der Waals surface area contributed by atoms with Crippen LogP contribution in [0.2, 0.25) is 0 Å². The molecule has 262 valence electrons. The van der Waals surface area contributed by atoms with Gasteiger partial charge in [0.2, 0.25) is 0 Å². The number of nitrogens with zero attached hydrogens (tertiary/aromatic N) is 2. The number of amides is 1. The first-order valence-electron chi connectivity index (χ1n) is 18.3. The van der Waals surface area contributed by atoms with Gasteiger partial charge in [0.15, 0.2) is 0 Å². The van der Waals surface area contributed by atoms with Crippen LogP contribution in [0.15, 0.2) is 11.6 Å². The third-order valence-corrected chi connectivity index (χ3v) is 14.3. The van der Waals surface area contributed by atoms with Gasteiger partial charge in [-0.05, 0) is 132 Å². The highest BCUT2D eigenvalue weighted by molar-refractivity contribution is 7.44. The average molecular weight is 653 g/mol. The molecule has 4 aliphatic rings. The molecule has 0 radical (unpaired) electrons. The van der Waals surface area contributed by atoms with Gasteiger partial charge >= 0.3 is 6.09 Å². The maximum atomic E-state index is 10.9. The Balaban J connectivity index is 0.000000281. The van der Waals surface area contributed by atoms with Gasteiger partial charge in [-0.1, -0.05) is 65.5 Å². The quantitative estimate of drug-likeness (QED) is 0.124. The number of hydroxylamine groups is 2. The number of allylic oxidation sites excluding steroid dienone is 1. The molecule has 0 aromatic heterocycles. The van der Waals surface area contributed by atoms with E-state index in [0.717, 1.165) is 53.4 Å². The summed E-state index contributed by atoms with van der Waals surface area (Å²) in [6.45, 7) is 22.6. The molecule has 0 bridgehead atoms. The number of rotatable bonds is 12. The molecule has 0 spiro atoms. The lowest BCUT2D eigenvalue weighted by Crippen LogP contribution is -2.50. The van der Waals surface area contributed by atoms with Crippen LogP contribution < -0.4 is 0 Å². The summed E-state index contributed by atoms with van der Waals surface area (Å²) in [7, 11) is 0.127. The first-order chi connectivity index (χ1) is 21.1. The lowest BCUT2D eigenvalue weighted by atomic mass is 9.47. The summed E-state index contributed by atoms with van der Waals surface area (Å²) in [6.07, 6.45) is 16.1. The second-order valence-corrected chi connectivity index (χ2v) is 17.7. The molecule has 4 rings (SSSR count). The van der Waals surface area contributed by atoms with Crippen molar-refractivity contribution in [3.05, 3.63) is 11.6 Å². The Hall–Kier alpha value is -0.720. The summed E-state index contributed by atoms with van der Waals surface area (Å²) in [5.41, 5.74) is 2.60. The van der Waals surface area contributed by atoms with E-state index in [-0.39, 0.29) is 24.7 Å². The van der Waals surface area contributed by atoms with E-state index in [1.807, 2.05) is 32.4 Å². The van der Waals surface area contributed by atoms with Crippen LogP contribution in [0.3, 0.4) is 0 Å². The molecule has 0 aliphatic heterocycles. The third kappa shape index (κ3) is 8.85.